The smallest absolute Gasteiger partial charge is 0.240 e. The van der Waals surface area contributed by atoms with Crippen LogP contribution in [-0.2, 0) is 16.4 Å². The van der Waals surface area contributed by atoms with E-state index in [-0.39, 0.29) is 11.4 Å². The highest BCUT2D eigenvalue weighted by molar-refractivity contribution is 7.89. The molecule has 0 atom stereocenters. The van der Waals surface area contributed by atoms with Crippen molar-refractivity contribution in [1.29, 1.82) is 0 Å². The molecule has 1 heterocycles. The summed E-state index contributed by atoms with van der Waals surface area (Å²) in [5, 5.41) is 2.69. The van der Waals surface area contributed by atoms with Crippen molar-refractivity contribution in [2.24, 2.45) is 0 Å². The lowest BCUT2D eigenvalue weighted by molar-refractivity contribution is 0.355. The Morgan fingerprint density at radius 2 is 1.79 bits per heavy atom. The summed E-state index contributed by atoms with van der Waals surface area (Å²) in [5.74, 6) is 0.770. The Balaban J connectivity index is 1.64. The van der Waals surface area contributed by atoms with Crippen LogP contribution in [0.25, 0.3) is 10.6 Å². The third-order valence-electron chi connectivity index (χ3n) is 3.98. The number of nitrogens with zero attached hydrogens (tertiary/aromatic N) is 1. The van der Waals surface area contributed by atoms with E-state index in [1.807, 2.05) is 23.6 Å². The van der Waals surface area contributed by atoms with E-state index in [2.05, 4.69) is 9.71 Å². The van der Waals surface area contributed by atoms with Crippen LogP contribution >= 0.6 is 11.3 Å². The summed E-state index contributed by atoms with van der Waals surface area (Å²) in [6.45, 7) is 0.189. The Labute approximate surface area is 167 Å². The highest BCUT2D eigenvalue weighted by atomic mass is 32.2. The topological polar surface area (TPSA) is 77.5 Å². The van der Waals surface area contributed by atoms with E-state index in [0.717, 1.165) is 28.4 Å². The number of thiazole rings is 1. The van der Waals surface area contributed by atoms with E-state index < -0.39 is 15.8 Å². The summed E-state index contributed by atoms with van der Waals surface area (Å²) >= 11 is 1.46. The van der Waals surface area contributed by atoms with Crippen molar-refractivity contribution in [2.75, 3.05) is 20.8 Å². The Kier molecular flexibility index (Phi) is 6.28. The van der Waals surface area contributed by atoms with Gasteiger partial charge in [-0.05, 0) is 42.5 Å². The molecule has 1 N–H and O–H groups in total. The first kappa shape index (κ1) is 20.2. The number of methoxy groups -OCH3 is 2. The first-order valence-electron chi connectivity index (χ1n) is 8.35. The third-order valence-corrected chi connectivity index (χ3v) is 6.40. The number of hydrogen-bond donors (Lipinski definition) is 1. The first-order chi connectivity index (χ1) is 13.4. The zero-order valence-electron chi connectivity index (χ0n) is 15.3. The van der Waals surface area contributed by atoms with Crippen LogP contribution in [0, 0.1) is 5.82 Å². The molecule has 0 saturated carbocycles. The van der Waals surface area contributed by atoms with Gasteiger partial charge in [0.05, 0.1) is 24.8 Å². The van der Waals surface area contributed by atoms with E-state index >= 15 is 0 Å². The molecule has 0 saturated heterocycles. The molecule has 0 aliphatic rings. The fourth-order valence-corrected chi connectivity index (χ4v) is 4.42. The van der Waals surface area contributed by atoms with Crippen LogP contribution in [0.4, 0.5) is 4.39 Å². The fourth-order valence-electron chi connectivity index (χ4n) is 2.53. The van der Waals surface area contributed by atoms with E-state index in [0.29, 0.717) is 17.9 Å². The summed E-state index contributed by atoms with van der Waals surface area (Å²) in [5.41, 5.74) is 1.66. The Bertz CT molecular complexity index is 1050. The molecule has 0 radical (unpaired) electrons. The predicted molar refractivity (Wildman–Crippen MR) is 106 cm³/mol. The average Bonchev–Trinajstić information content (AvgIpc) is 3.16. The molecule has 0 unspecified atom stereocenters. The number of aromatic nitrogens is 1. The van der Waals surface area contributed by atoms with Gasteiger partial charge in [-0.1, -0.05) is 0 Å². The molecule has 28 heavy (non-hydrogen) atoms. The van der Waals surface area contributed by atoms with Crippen molar-refractivity contribution in [1.82, 2.24) is 9.71 Å². The monoisotopic (exact) mass is 422 g/mol. The van der Waals surface area contributed by atoms with Gasteiger partial charge in [-0.3, -0.25) is 0 Å². The lowest BCUT2D eigenvalue weighted by atomic mass is 10.2. The molecule has 3 rings (SSSR count). The number of hydrogen-bond acceptors (Lipinski definition) is 6. The van der Waals surface area contributed by atoms with Crippen LogP contribution in [0.15, 0.2) is 52.7 Å². The van der Waals surface area contributed by atoms with E-state index in [4.69, 9.17) is 9.47 Å². The lowest BCUT2D eigenvalue weighted by Gasteiger charge is -2.08. The minimum Gasteiger partial charge on any atom is -0.493 e. The largest absolute Gasteiger partial charge is 0.493 e. The van der Waals surface area contributed by atoms with Crippen LogP contribution in [0.3, 0.4) is 0 Å². The molecule has 0 spiro atoms. The van der Waals surface area contributed by atoms with Gasteiger partial charge in [-0.2, -0.15) is 0 Å². The maximum atomic E-state index is 12.9. The zero-order chi connectivity index (χ0) is 20.1. The average molecular weight is 423 g/mol. The van der Waals surface area contributed by atoms with Gasteiger partial charge in [0.2, 0.25) is 10.0 Å². The fraction of sp³-hybridized carbons (Fsp3) is 0.211. The molecule has 2 aromatic carbocycles. The number of ether oxygens (including phenoxy) is 2. The zero-order valence-corrected chi connectivity index (χ0v) is 16.9. The number of benzene rings is 2. The maximum Gasteiger partial charge on any atom is 0.240 e. The SMILES string of the molecule is COc1ccc(-c2nc(CCNS(=O)(=O)c3ccc(F)cc3)cs2)cc1OC. The van der Waals surface area contributed by atoms with Crippen LogP contribution < -0.4 is 14.2 Å². The van der Waals surface area contributed by atoms with Gasteiger partial charge in [-0.25, -0.2) is 22.5 Å². The summed E-state index contributed by atoms with van der Waals surface area (Å²) in [6, 6.07) is 10.2. The minimum absolute atomic E-state index is 0.0261. The molecule has 1 aromatic heterocycles. The molecule has 3 aromatic rings. The highest BCUT2D eigenvalue weighted by Crippen LogP contribution is 2.33. The molecule has 6 nitrogen and oxygen atoms in total. The van der Waals surface area contributed by atoms with Crippen molar-refractivity contribution in [3.63, 3.8) is 0 Å². The van der Waals surface area contributed by atoms with Crippen LogP contribution in [0.5, 0.6) is 11.5 Å². The standard InChI is InChI=1S/C19H19FN2O4S2/c1-25-17-8-3-13(11-18(17)26-2)19-22-15(12-27-19)9-10-21-28(23,24)16-6-4-14(20)5-7-16/h3-8,11-12,21H,9-10H2,1-2H3. The number of halogens is 1. The van der Waals surface area contributed by atoms with Crippen molar-refractivity contribution >= 4 is 21.4 Å². The van der Waals surface area contributed by atoms with Crippen LogP contribution in [0.1, 0.15) is 5.69 Å². The maximum absolute atomic E-state index is 12.9. The Morgan fingerprint density at radius 1 is 1.07 bits per heavy atom. The van der Waals surface area contributed by atoms with Gasteiger partial charge >= 0.3 is 0 Å². The lowest BCUT2D eigenvalue weighted by Crippen LogP contribution is -2.26. The van der Waals surface area contributed by atoms with Crippen molar-refractivity contribution in [2.45, 2.75) is 11.3 Å². The number of rotatable bonds is 8. The first-order valence-corrected chi connectivity index (χ1v) is 10.7. The second-order valence-electron chi connectivity index (χ2n) is 5.82. The molecule has 0 amide bonds. The summed E-state index contributed by atoms with van der Waals surface area (Å²) in [6.07, 6.45) is 0.435. The summed E-state index contributed by atoms with van der Waals surface area (Å²) < 4.78 is 50.4. The number of nitrogens with one attached hydrogen (secondary N) is 1. The normalized spacial score (nSPS) is 11.4. The van der Waals surface area contributed by atoms with Gasteiger partial charge in [0.25, 0.3) is 0 Å². The molecule has 0 aliphatic carbocycles. The molecular weight excluding hydrogens is 403 g/mol. The van der Waals surface area contributed by atoms with Crippen molar-refractivity contribution in [3.8, 4) is 22.1 Å². The quantitative estimate of drug-likeness (QED) is 0.601. The van der Waals surface area contributed by atoms with Gasteiger partial charge in [0.15, 0.2) is 11.5 Å². The van der Waals surface area contributed by atoms with Crippen LogP contribution in [0.2, 0.25) is 0 Å². The Morgan fingerprint density at radius 3 is 2.46 bits per heavy atom. The molecule has 148 valence electrons. The van der Waals surface area contributed by atoms with E-state index in [9.17, 15) is 12.8 Å². The van der Waals surface area contributed by atoms with Gasteiger partial charge in [0.1, 0.15) is 10.8 Å². The molecule has 0 bridgehead atoms. The summed E-state index contributed by atoms with van der Waals surface area (Å²) in [4.78, 5) is 4.58. The van der Waals surface area contributed by atoms with Gasteiger partial charge < -0.3 is 9.47 Å². The van der Waals surface area contributed by atoms with Crippen LogP contribution in [-0.4, -0.2) is 34.2 Å². The molecule has 0 fully saturated rings. The predicted octanol–water partition coefficient (Wildman–Crippen LogP) is 3.49. The molecule has 9 heteroatoms. The minimum atomic E-state index is -3.68. The van der Waals surface area contributed by atoms with Crippen molar-refractivity contribution in [3.05, 3.63) is 59.4 Å². The Hall–Kier alpha value is -2.49. The van der Waals surface area contributed by atoms with E-state index in [1.165, 1.54) is 23.5 Å². The second-order valence-corrected chi connectivity index (χ2v) is 8.44. The number of sulfonamides is 1. The summed E-state index contributed by atoms with van der Waals surface area (Å²) in [7, 11) is -0.534. The highest BCUT2D eigenvalue weighted by Gasteiger charge is 2.14. The third kappa shape index (κ3) is 4.67. The van der Waals surface area contributed by atoms with E-state index in [1.54, 1.807) is 14.2 Å². The van der Waals surface area contributed by atoms with Gasteiger partial charge in [-0.15, -0.1) is 11.3 Å². The second kappa shape index (κ2) is 8.68. The molecule has 0 aliphatic heterocycles. The molecular formula is C19H19FN2O4S2. The van der Waals surface area contributed by atoms with Gasteiger partial charge in [0, 0.05) is 23.9 Å². The van der Waals surface area contributed by atoms with Crippen molar-refractivity contribution < 1.29 is 22.3 Å².